The Hall–Kier alpha value is -13.4. The zero-order valence-electron chi connectivity index (χ0n) is 51.2. The third kappa shape index (κ3) is 16.0. The molecule has 1 aliphatic carbocycles. The maximum atomic E-state index is 12.5. The molecule has 1 aliphatic rings. The molecule has 20 heteroatoms. The van der Waals surface area contributed by atoms with Crippen LogP contribution in [0.4, 0.5) is 91.0 Å². The highest BCUT2D eigenvalue weighted by Crippen LogP contribution is 2.44. The van der Waals surface area contributed by atoms with Gasteiger partial charge in [0, 0.05) is 70.2 Å². The molecule has 20 nitrogen and oxygen atoms in total. The summed E-state index contributed by atoms with van der Waals surface area (Å²) in [5.41, 5.74) is 11.7. The fourth-order valence-corrected chi connectivity index (χ4v) is 10.3. The lowest BCUT2D eigenvalue weighted by Crippen LogP contribution is -2.01. The highest BCUT2D eigenvalue weighted by Gasteiger charge is 2.23. The minimum atomic E-state index is -0.117. The smallest absolute Gasteiger partial charge is 0.122 e. The van der Waals surface area contributed by atoms with Crippen LogP contribution in [0.3, 0.4) is 0 Å². The SMILES string of the molecule is Oc1c2cc(N=Nc3ccc(N=Nc4ccccc4)cc3)cc1Cc1cc(N=Nc3ccc(N=Nc4ccccc4)cc3)cc(c1O)Cc1cc(N=Nc3ccc(N=Nc4ccccc4)cc3)cc(c1O)Cc1cc(N=Nc3ccc(N=Nc4ccccc4)cc3)cc(c1O)C2. The molecule has 0 amide bonds. The van der Waals surface area contributed by atoms with Crippen molar-refractivity contribution < 1.29 is 20.4 Å². The van der Waals surface area contributed by atoms with Crippen molar-refractivity contribution in [1.29, 1.82) is 0 Å². The summed E-state index contributed by atoms with van der Waals surface area (Å²) < 4.78 is 0. The fourth-order valence-electron chi connectivity index (χ4n) is 10.3. The normalized spacial score (nSPS) is 12.7. The van der Waals surface area contributed by atoms with Crippen LogP contribution in [0, 0.1) is 0 Å². The first-order chi connectivity index (χ1) is 47.1. The van der Waals surface area contributed by atoms with Crippen molar-refractivity contribution in [1.82, 2.24) is 0 Å². The molecule has 0 unspecified atom stereocenters. The molecular weight excluding hydrogens is 1200 g/mol. The number of rotatable bonds is 16. The lowest BCUT2D eigenvalue weighted by atomic mass is 9.90. The van der Waals surface area contributed by atoms with E-state index in [1.54, 1.807) is 146 Å². The van der Waals surface area contributed by atoms with E-state index in [1.165, 1.54) is 0 Å². The van der Waals surface area contributed by atoms with Gasteiger partial charge < -0.3 is 20.4 Å². The van der Waals surface area contributed by atoms with Gasteiger partial charge in [-0.15, -0.1) is 0 Å². The van der Waals surface area contributed by atoms with Crippen LogP contribution in [0.5, 0.6) is 23.0 Å². The second-order valence-corrected chi connectivity index (χ2v) is 22.2. The van der Waals surface area contributed by atoms with E-state index in [1.807, 2.05) is 121 Å². The van der Waals surface area contributed by atoms with Gasteiger partial charge in [0.15, 0.2) is 0 Å². The molecule has 0 aromatic heterocycles. The third-order valence-electron chi connectivity index (χ3n) is 15.2. The molecule has 0 saturated heterocycles. The summed E-state index contributed by atoms with van der Waals surface area (Å²) in [5.74, 6) is -0.470. The number of hydrogen-bond donors (Lipinski definition) is 4. The number of benzene rings is 12. The second kappa shape index (κ2) is 29.3. The predicted molar refractivity (Wildman–Crippen MR) is 369 cm³/mol. The van der Waals surface area contributed by atoms with E-state index in [9.17, 15) is 20.4 Å². The number of fused-ring (bicyclic) bond motifs is 8. The van der Waals surface area contributed by atoms with Gasteiger partial charge in [0.25, 0.3) is 0 Å². The van der Waals surface area contributed by atoms with E-state index >= 15 is 0 Å². The van der Waals surface area contributed by atoms with E-state index in [0.29, 0.717) is 136 Å². The van der Waals surface area contributed by atoms with E-state index in [4.69, 9.17) is 0 Å². The van der Waals surface area contributed by atoms with E-state index < -0.39 is 0 Å². The topological polar surface area (TPSA) is 279 Å². The average molecular weight is 1260 g/mol. The molecule has 96 heavy (non-hydrogen) atoms. The molecular formula is C76H56N16O4. The highest BCUT2D eigenvalue weighted by atomic mass is 16.3. The standard InChI is InChI=1S/C76H56N16O4/c93-73-49-37-51-43-70(90-86-66-31-23-62(24-32-66)82-78-58-15-7-2-8-16-58)45-53(74(51)94)39-55-47-72(92-88-68-35-27-64(28-36-68)84-80-60-19-11-4-12-20-60)48-56(76(55)96)40-54-46-71(91-87-67-33-25-63(26-34-67)83-79-59-17-9-3-10-18-59)44-52(75(54)95)38-50(73)42-69(41-49)89-85-65-29-21-61(22-30-65)81-77-57-13-5-1-6-14-57/h1-36,41-48,93-96H,37-40H2. The maximum absolute atomic E-state index is 12.5. The maximum Gasteiger partial charge on any atom is 0.122 e. The Morgan fingerprint density at radius 1 is 0.146 bits per heavy atom. The van der Waals surface area contributed by atoms with Crippen LogP contribution in [0.1, 0.15) is 44.5 Å². The molecule has 464 valence electrons. The Bertz CT molecular complexity index is 4270. The fraction of sp³-hybridized carbons (Fsp3) is 0.0526. The van der Waals surface area contributed by atoms with Crippen LogP contribution < -0.4 is 0 Å². The quantitative estimate of drug-likeness (QED) is 0.0687. The Morgan fingerprint density at radius 2 is 0.260 bits per heavy atom. The van der Waals surface area contributed by atoms with Crippen molar-refractivity contribution in [3.8, 4) is 23.0 Å². The summed E-state index contributed by atoms with van der Waals surface area (Å²) >= 11 is 0. The number of nitrogens with zero attached hydrogens (tertiary/aromatic N) is 16. The van der Waals surface area contributed by atoms with Gasteiger partial charge in [-0.2, -0.15) is 81.8 Å². The first kappa shape index (κ1) is 61.5. The minimum Gasteiger partial charge on any atom is -0.507 e. The summed E-state index contributed by atoms with van der Waals surface area (Å²) in [4.78, 5) is 0. The number of azo groups is 8. The Morgan fingerprint density at radius 3 is 0.396 bits per heavy atom. The van der Waals surface area contributed by atoms with Crippen molar-refractivity contribution in [3.05, 3.63) is 311 Å². The summed E-state index contributed by atoms with van der Waals surface area (Å²) in [7, 11) is 0. The first-order valence-electron chi connectivity index (χ1n) is 30.4. The number of hydrogen-bond acceptors (Lipinski definition) is 20. The average Bonchev–Trinajstić information content (AvgIpc) is 0.800. The van der Waals surface area contributed by atoms with Gasteiger partial charge in [-0.05, 0) is 194 Å². The zero-order chi connectivity index (χ0) is 65.4. The molecule has 0 aliphatic heterocycles. The van der Waals surface area contributed by atoms with Gasteiger partial charge in [0.05, 0.1) is 91.0 Å². The van der Waals surface area contributed by atoms with E-state index in [0.717, 1.165) is 0 Å². The summed E-state index contributed by atoms with van der Waals surface area (Å²) in [6.45, 7) is 0. The van der Waals surface area contributed by atoms with Crippen LogP contribution in [0.25, 0.3) is 0 Å². The lowest BCUT2D eigenvalue weighted by Gasteiger charge is -2.18. The Labute approximate surface area is 550 Å². The number of phenolic OH excluding ortho intramolecular Hbond substituents is 4. The first-order valence-corrected chi connectivity index (χ1v) is 30.4. The van der Waals surface area contributed by atoms with Gasteiger partial charge >= 0.3 is 0 Å². The monoisotopic (exact) mass is 1260 g/mol. The highest BCUT2D eigenvalue weighted by molar-refractivity contribution is 5.65. The number of aromatic hydroxyl groups is 4. The lowest BCUT2D eigenvalue weighted by molar-refractivity contribution is 0.450. The largest absolute Gasteiger partial charge is 0.507 e. The van der Waals surface area contributed by atoms with Gasteiger partial charge in [-0.25, -0.2) is 0 Å². The van der Waals surface area contributed by atoms with E-state index in [2.05, 4.69) is 81.8 Å². The summed E-state index contributed by atoms with van der Waals surface area (Å²) in [6, 6.07) is 79.6. The number of phenols is 4. The van der Waals surface area contributed by atoms with Crippen molar-refractivity contribution in [2.24, 2.45) is 81.8 Å². The van der Waals surface area contributed by atoms with Gasteiger partial charge in [-0.3, -0.25) is 0 Å². The molecule has 0 atom stereocenters. The minimum absolute atomic E-state index is 0.0531. The molecule has 8 bridgehead atoms. The van der Waals surface area contributed by atoms with Gasteiger partial charge in [-0.1, -0.05) is 72.8 Å². The second-order valence-electron chi connectivity index (χ2n) is 22.2. The third-order valence-corrected chi connectivity index (χ3v) is 15.2. The molecule has 0 fully saturated rings. The Balaban J connectivity index is 0.897. The molecule has 4 N–H and O–H groups in total. The van der Waals surface area contributed by atoms with E-state index in [-0.39, 0.29) is 48.7 Å². The van der Waals surface area contributed by atoms with Gasteiger partial charge in [0.1, 0.15) is 23.0 Å². The van der Waals surface area contributed by atoms with Crippen molar-refractivity contribution in [2.45, 2.75) is 25.7 Å². The molecule has 0 spiro atoms. The van der Waals surface area contributed by atoms with Crippen molar-refractivity contribution in [3.63, 3.8) is 0 Å². The summed E-state index contributed by atoms with van der Waals surface area (Å²) in [5, 5.41) is 122. The molecule has 0 saturated carbocycles. The molecule has 12 aromatic rings. The van der Waals surface area contributed by atoms with Crippen LogP contribution in [0.2, 0.25) is 0 Å². The van der Waals surface area contributed by atoms with Crippen LogP contribution in [-0.4, -0.2) is 20.4 Å². The molecule has 13 rings (SSSR count). The zero-order valence-corrected chi connectivity index (χ0v) is 51.2. The Kier molecular flexibility index (Phi) is 18.8. The van der Waals surface area contributed by atoms with Crippen LogP contribution >= 0.6 is 0 Å². The van der Waals surface area contributed by atoms with Gasteiger partial charge in [0.2, 0.25) is 0 Å². The molecule has 12 aromatic carbocycles. The summed E-state index contributed by atoms with van der Waals surface area (Å²) in [6.07, 6.45) is -0.213. The van der Waals surface area contributed by atoms with Crippen LogP contribution in [-0.2, 0) is 25.7 Å². The van der Waals surface area contributed by atoms with Crippen molar-refractivity contribution >= 4 is 91.0 Å². The molecule has 0 radical (unpaired) electrons. The van der Waals surface area contributed by atoms with Crippen LogP contribution in [0.15, 0.2) is 349 Å². The van der Waals surface area contributed by atoms with Crippen molar-refractivity contribution in [2.75, 3.05) is 0 Å². The molecule has 0 heterocycles. The predicted octanol–water partition coefficient (Wildman–Crippen LogP) is 24.5.